The second kappa shape index (κ2) is 5.99. The molecule has 0 radical (unpaired) electrons. The maximum atomic E-state index is 10.9. The van der Waals surface area contributed by atoms with Crippen molar-refractivity contribution in [1.29, 1.82) is 0 Å². The van der Waals surface area contributed by atoms with Crippen LogP contribution in [0.5, 0.6) is 0 Å². The monoisotopic (exact) mass is 334 g/mol. The topological polar surface area (TPSA) is 64.3 Å². The summed E-state index contributed by atoms with van der Waals surface area (Å²) in [5, 5.41) is 12.9. The molecule has 102 valence electrons. The van der Waals surface area contributed by atoms with E-state index in [0.29, 0.717) is 17.8 Å². The molecular weight excluding hydrogens is 316 g/mol. The number of carboxylic acid groups (broad SMARTS) is 1. The van der Waals surface area contributed by atoms with E-state index in [2.05, 4.69) is 40.7 Å². The molecule has 0 unspecified atom stereocenters. The van der Waals surface area contributed by atoms with E-state index in [0.717, 1.165) is 11.7 Å². The van der Waals surface area contributed by atoms with Crippen molar-refractivity contribution in [3.8, 4) is 0 Å². The fourth-order valence-electron chi connectivity index (χ4n) is 1.32. The number of rotatable bonds is 6. The third-order valence-electron chi connectivity index (χ3n) is 2.55. The number of aromatic carboxylic acids is 1. The van der Waals surface area contributed by atoms with Gasteiger partial charge in [-0.15, -0.1) is 0 Å². The van der Waals surface area contributed by atoms with Gasteiger partial charge in [-0.1, -0.05) is 19.6 Å². The molecule has 18 heavy (non-hydrogen) atoms. The van der Waals surface area contributed by atoms with Crippen molar-refractivity contribution < 1.29 is 14.6 Å². The Morgan fingerprint density at radius 2 is 2.11 bits per heavy atom. The molecule has 1 heterocycles. The fourth-order valence-corrected chi connectivity index (χ4v) is 2.53. The Balaban J connectivity index is 2.58. The van der Waals surface area contributed by atoms with Gasteiger partial charge >= 0.3 is 5.97 Å². The van der Waals surface area contributed by atoms with Crippen LogP contribution in [0, 0.1) is 6.92 Å². The van der Waals surface area contributed by atoms with Crippen LogP contribution in [0.4, 0.5) is 0 Å². The van der Waals surface area contributed by atoms with Gasteiger partial charge in [-0.2, -0.15) is 5.10 Å². The Hall–Kier alpha value is -0.663. The molecule has 1 aromatic rings. The number of hydrogen-bond acceptors (Lipinski definition) is 3. The van der Waals surface area contributed by atoms with Crippen LogP contribution in [-0.2, 0) is 11.5 Å². The number of halogens is 1. The maximum absolute atomic E-state index is 10.9. The van der Waals surface area contributed by atoms with Crippen LogP contribution >= 0.6 is 15.9 Å². The van der Waals surface area contributed by atoms with Crippen molar-refractivity contribution >= 4 is 30.0 Å². The van der Waals surface area contributed by atoms with E-state index in [1.807, 2.05) is 6.92 Å². The lowest BCUT2D eigenvalue weighted by Gasteiger charge is -2.15. The van der Waals surface area contributed by atoms with E-state index >= 15 is 0 Å². The average molecular weight is 335 g/mol. The van der Waals surface area contributed by atoms with Crippen LogP contribution < -0.4 is 0 Å². The summed E-state index contributed by atoms with van der Waals surface area (Å²) in [5.41, 5.74) is 0.793. The largest absolute Gasteiger partial charge is 0.476 e. The molecule has 0 bridgehead atoms. The van der Waals surface area contributed by atoms with Crippen molar-refractivity contribution in [2.75, 3.05) is 6.61 Å². The highest BCUT2D eigenvalue weighted by atomic mass is 79.9. The predicted molar refractivity (Wildman–Crippen MR) is 75.7 cm³/mol. The van der Waals surface area contributed by atoms with Gasteiger partial charge in [0.1, 0.15) is 6.73 Å². The number of carbonyl (C=O) groups is 1. The normalized spacial score (nSPS) is 11.8. The van der Waals surface area contributed by atoms with Crippen molar-refractivity contribution in [2.24, 2.45) is 0 Å². The van der Waals surface area contributed by atoms with Crippen LogP contribution in [-0.4, -0.2) is 35.5 Å². The SMILES string of the molecule is Cc1c(Br)c(C(=O)O)nn1COCC[Si](C)(C)C. The molecule has 0 aliphatic carbocycles. The lowest BCUT2D eigenvalue weighted by molar-refractivity contribution is 0.0669. The van der Waals surface area contributed by atoms with Gasteiger partial charge in [0, 0.05) is 14.7 Å². The van der Waals surface area contributed by atoms with Gasteiger partial charge in [-0.25, -0.2) is 9.48 Å². The minimum Gasteiger partial charge on any atom is -0.476 e. The van der Waals surface area contributed by atoms with Crippen molar-refractivity contribution in [3.63, 3.8) is 0 Å². The highest BCUT2D eigenvalue weighted by molar-refractivity contribution is 9.10. The zero-order valence-electron chi connectivity index (χ0n) is 11.2. The third-order valence-corrected chi connectivity index (χ3v) is 5.20. The van der Waals surface area contributed by atoms with Gasteiger partial charge < -0.3 is 9.84 Å². The van der Waals surface area contributed by atoms with E-state index < -0.39 is 14.0 Å². The molecular formula is C11H19BrN2O3Si. The second-order valence-corrected chi connectivity index (χ2v) is 11.8. The fraction of sp³-hybridized carbons (Fsp3) is 0.636. The van der Waals surface area contributed by atoms with Gasteiger partial charge in [0.15, 0.2) is 5.69 Å². The van der Waals surface area contributed by atoms with Crippen LogP contribution in [0.1, 0.15) is 16.2 Å². The Bertz CT molecular complexity index is 440. The maximum Gasteiger partial charge on any atom is 0.357 e. The van der Waals surface area contributed by atoms with Gasteiger partial charge in [0.2, 0.25) is 0 Å². The highest BCUT2D eigenvalue weighted by Gasteiger charge is 2.18. The number of hydrogen-bond donors (Lipinski definition) is 1. The molecule has 0 amide bonds. The number of carboxylic acids is 1. The van der Waals surface area contributed by atoms with Crippen LogP contribution in [0.2, 0.25) is 25.7 Å². The highest BCUT2D eigenvalue weighted by Crippen LogP contribution is 2.20. The summed E-state index contributed by atoms with van der Waals surface area (Å²) < 4.78 is 7.63. The van der Waals surface area contributed by atoms with Gasteiger partial charge in [0.05, 0.1) is 10.2 Å². The summed E-state index contributed by atoms with van der Waals surface area (Å²) in [6.45, 7) is 9.65. The summed E-state index contributed by atoms with van der Waals surface area (Å²) >= 11 is 3.23. The predicted octanol–water partition coefficient (Wildman–Crippen LogP) is 2.96. The van der Waals surface area contributed by atoms with Crippen LogP contribution in [0.15, 0.2) is 4.47 Å². The molecule has 0 saturated carbocycles. The zero-order valence-corrected chi connectivity index (χ0v) is 13.7. The van der Waals surface area contributed by atoms with Gasteiger partial charge in [0.25, 0.3) is 0 Å². The Morgan fingerprint density at radius 3 is 2.56 bits per heavy atom. The summed E-state index contributed by atoms with van der Waals surface area (Å²) in [4.78, 5) is 10.9. The van der Waals surface area contributed by atoms with Gasteiger partial charge in [-0.05, 0) is 28.9 Å². The Kier molecular flexibility index (Phi) is 5.12. The summed E-state index contributed by atoms with van der Waals surface area (Å²) in [6, 6.07) is 1.08. The minimum absolute atomic E-state index is 0.0290. The number of aromatic nitrogens is 2. The molecule has 0 aliphatic rings. The molecule has 1 aromatic heterocycles. The average Bonchev–Trinajstić information content (AvgIpc) is 2.51. The first-order chi connectivity index (χ1) is 8.22. The van der Waals surface area contributed by atoms with E-state index in [4.69, 9.17) is 9.84 Å². The van der Waals surface area contributed by atoms with E-state index in [9.17, 15) is 4.79 Å². The second-order valence-electron chi connectivity index (χ2n) is 5.40. The van der Waals surface area contributed by atoms with Gasteiger partial charge in [-0.3, -0.25) is 0 Å². The first kappa shape index (κ1) is 15.4. The molecule has 7 heteroatoms. The smallest absolute Gasteiger partial charge is 0.357 e. The summed E-state index contributed by atoms with van der Waals surface area (Å²) in [5.74, 6) is -1.04. The molecule has 0 saturated heterocycles. The van der Waals surface area contributed by atoms with Crippen molar-refractivity contribution in [1.82, 2.24) is 9.78 Å². The van der Waals surface area contributed by atoms with Crippen LogP contribution in [0.3, 0.4) is 0 Å². The number of ether oxygens (including phenoxy) is 1. The quantitative estimate of drug-likeness (QED) is 0.641. The lowest BCUT2D eigenvalue weighted by Crippen LogP contribution is -2.22. The zero-order chi connectivity index (χ0) is 13.9. The molecule has 5 nitrogen and oxygen atoms in total. The van der Waals surface area contributed by atoms with E-state index in [1.54, 1.807) is 4.68 Å². The molecule has 0 aromatic carbocycles. The number of nitrogens with zero attached hydrogens (tertiary/aromatic N) is 2. The molecule has 0 atom stereocenters. The first-order valence-corrected chi connectivity index (χ1v) is 10.3. The van der Waals surface area contributed by atoms with E-state index in [1.165, 1.54) is 0 Å². The third kappa shape index (κ3) is 4.22. The minimum atomic E-state index is -1.09. The van der Waals surface area contributed by atoms with Crippen molar-refractivity contribution in [2.45, 2.75) is 39.3 Å². The first-order valence-electron chi connectivity index (χ1n) is 5.76. The van der Waals surface area contributed by atoms with E-state index in [-0.39, 0.29) is 5.69 Å². The Labute approximate surface area is 116 Å². The van der Waals surface area contributed by atoms with Crippen molar-refractivity contribution in [3.05, 3.63) is 15.9 Å². The van der Waals surface area contributed by atoms with Crippen LogP contribution in [0.25, 0.3) is 0 Å². The summed E-state index contributed by atoms with van der Waals surface area (Å²) in [6.07, 6.45) is 0. The summed E-state index contributed by atoms with van der Waals surface area (Å²) in [7, 11) is -1.09. The standard InChI is InChI=1S/C11H19BrN2O3Si/c1-8-9(12)10(11(15)16)13-14(8)7-17-5-6-18(2,3)4/h5-7H2,1-4H3,(H,15,16). The molecule has 1 rings (SSSR count). The molecule has 0 aliphatic heterocycles. The molecule has 0 spiro atoms. The lowest BCUT2D eigenvalue weighted by atomic mass is 10.4. The Morgan fingerprint density at radius 1 is 1.50 bits per heavy atom. The molecule has 1 N–H and O–H groups in total. The molecule has 0 fully saturated rings.